The van der Waals surface area contributed by atoms with Gasteiger partial charge in [0.25, 0.3) is 10.1 Å². The van der Waals surface area contributed by atoms with Crippen LogP contribution in [0.2, 0.25) is 0 Å². The molecule has 152 valence electrons. The Morgan fingerprint density at radius 2 is 1.90 bits per heavy atom. The van der Waals surface area contributed by atoms with E-state index in [4.69, 9.17) is 10.5 Å². The van der Waals surface area contributed by atoms with E-state index in [2.05, 4.69) is 9.97 Å². The zero-order valence-corrected chi connectivity index (χ0v) is 17.0. The van der Waals surface area contributed by atoms with Crippen molar-refractivity contribution in [3.8, 4) is 11.3 Å². The van der Waals surface area contributed by atoms with Gasteiger partial charge in [-0.1, -0.05) is 12.5 Å². The molecule has 2 heterocycles. The van der Waals surface area contributed by atoms with Crippen molar-refractivity contribution in [2.24, 2.45) is 5.92 Å². The monoisotopic (exact) mass is 413 g/mol. The zero-order valence-electron chi connectivity index (χ0n) is 16.2. The Balaban J connectivity index is 1.69. The van der Waals surface area contributed by atoms with E-state index >= 15 is 0 Å². The van der Waals surface area contributed by atoms with Gasteiger partial charge in [-0.15, -0.1) is 0 Å². The number of allylic oxidation sites excluding steroid dienone is 1. The van der Waals surface area contributed by atoms with Crippen LogP contribution in [0.4, 0.5) is 5.69 Å². The van der Waals surface area contributed by atoms with Gasteiger partial charge in [0.15, 0.2) is 0 Å². The second-order valence-electron chi connectivity index (χ2n) is 8.08. The van der Waals surface area contributed by atoms with Crippen LogP contribution in [-0.4, -0.2) is 29.0 Å². The maximum absolute atomic E-state index is 11.8. The number of nitrogen functional groups attached to an aromatic ring is 1. The van der Waals surface area contributed by atoms with Gasteiger partial charge in [0.05, 0.1) is 17.1 Å². The van der Waals surface area contributed by atoms with Gasteiger partial charge in [-0.3, -0.25) is 4.55 Å². The van der Waals surface area contributed by atoms with E-state index in [1.54, 1.807) is 6.07 Å². The molecule has 5 rings (SSSR count). The van der Waals surface area contributed by atoms with Gasteiger partial charge in [0.1, 0.15) is 23.1 Å². The molecule has 0 amide bonds. The highest BCUT2D eigenvalue weighted by molar-refractivity contribution is 7.86. The molecule has 1 aromatic carbocycles. The Bertz CT molecular complexity index is 1160. The molecule has 8 heteroatoms. The number of hydrogen-bond acceptors (Lipinski definition) is 6. The minimum Gasteiger partial charge on any atom is -0.494 e. The first-order valence-electron chi connectivity index (χ1n) is 9.97. The van der Waals surface area contributed by atoms with Crippen LogP contribution in [0.25, 0.3) is 16.8 Å². The average Bonchev–Trinajstić information content (AvgIpc) is 3.06. The van der Waals surface area contributed by atoms with E-state index in [0.717, 1.165) is 41.8 Å². The SMILES string of the molecule is Cc1ccc(S(=O)(=O)O)c(N)c1-c1ncnc2c1CCC1=C2C2CCCCC2O1. The molecular weight excluding hydrogens is 390 g/mol. The van der Waals surface area contributed by atoms with E-state index in [0.29, 0.717) is 23.6 Å². The first-order valence-corrected chi connectivity index (χ1v) is 11.4. The van der Waals surface area contributed by atoms with Crippen LogP contribution < -0.4 is 5.73 Å². The Hall–Kier alpha value is -2.45. The molecule has 3 N–H and O–H groups in total. The lowest BCUT2D eigenvalue weighted by molar-refractivity contribution is 0.0793. The molecule has 0 spiro atoms. The van der Waals surface area contributed by atoms with Crippen LogP contribution in [0.5, 0.6) is 0 Å². The number of anilines is 1. The Morgan fingerprint density at radius 3 is 2.69 bits per heavy atom. The smallest absolute Gasteiger partial charge is 0.296 e. The Labute approximate surface area is 169 Å². The summed E-state index contributed by atoms with van der Waals surface area (Å²) in [4.78, 5) is 8.81. The van der Waals surface area contributed by atoms with Gasteiger partial charge in [0, 0.05) is 29.0 Å². The van der Waals surface area contributed by atoms with E-state index in [9.17, 15) is 13.0 Å². The molecule has 0 radical (unpaired) electrons. The van der Waals surface area contributed by atoms with Crippen LogP contribution in [0, 0.1) is 12.8 Å². The fourth-order valence-electron chi connectivity index (χ4n) is 5.11. The summed E-state index contributed by atoms with van der Waals surface area (Å²) in [5.41, 5.74) is 11.3. The molecule has 1 fully saturated rings. The molecule has 2 unspecified atom stereocenters. The van der Waals surface area contributed by atoms with Gasteiger partial charge in [-0.05, 0) is 44.2 Å². The van der Waals surface area contributed by atoms with Crippen LogP contribution in [0.3, 0.4) is 0 Å². The first-order chi connectivity index (χ1) is 13.9. The summed E-state index contributed by atoms with van der Waals surface area (Å²) in [5.74, 6) is 1.42. The number of benzene rings is 1. The van der Waals surface area contributed by atoms with Crippen molar-refractivity contribution in [3.05, 3.63) is 41.0 Å². The predicted molar refractivity (Wildman–Crippen MR) is 109 cm³/mol. The number of nitrogens with two attached hydrogens (primary N) is 1. The second-order valence-corrected chi connectivity index (χ2v) is 9.47. The van der Waals surface area contributed by atoms with Crippen LogP contribution in [-0.2, 0) is 21.3 Å². The number of ether oxygens (including phenoxy) is 1. The molecule has 1 aromatic heterocycles. The van der Waals surface area contributed by atoms with Crippen LogP contribution >= 0.6 is 0 Å². The molecule has 1 aliphatic heterocycles. The number of nitrogens with zero attached hydrogens (tertiary/aromatic N) is 2. The third-order valence-corrected chi connectivity index (χ3v) is 7.31. The lowest BCUT2D eigenvalue weighted by Crippen LogP contribution is -2.23. The van der Waals surface area contributed by atoms with Crippen molar-refractivity contribution >= 4 is 21.4 Å². The first kappa shape index (κ1) is 18.6. The predicted octanol–water partition coefficient (Wildman–Crippen LogP) is 3.53. The maximum atomic E-state index is 11.8. The topological polar surface area (TPSA) is 115 Å². The van der Waals surface area contributed by atoms with Crippen LogP contribution in [0.15, 0.2) is 29.1 Å². The molecule has 2 aliphatic carbocycles. The number of hydrogen-bond donors (Lipinski definition) is 2. The molecule has 2 atom stereocenters. The van der Waals surface area contributed by atoms with E-state index in [1.807, 2.05) is 6.92 Å². The summed E-state index contributed by atoms with van der Waals surface area (Å²) in [7, 11) is -4.43. The third kappa shape index (κ3) is 2.85. The molecule has 2 aromatic rings. The molecule has 7 nitrogen and oxygen atoms in total. The zero-order chi connectivity index (χ0) is 20.3. The summed E-state index contributed by atoms with van der Waals surface area (Å²) >= 11 is 0. The number of aryl methyl sites for hydroxylation is 1. The van der Waals surface area contributed by atoms with Crippen molar-refractivity contribution in [1.29, 1.82) is 0 Å². The summed E-state index contributed by atoms with van der Waals surface area (Å²) in [6.07, 6.45) is 7.81. The fraction of sp³-hybridized carbons (Fsp3) is 0.429. The highest BCUT2D eigenvalue weighted by atomic mass is 32.2. The highest BCUT2D eigenvalue weighted by Gasteiger charge is 2.42. The summed E-state index contributed by atoms with van der Waals surface area (Å²) in [6.45, 7) is 1.86. The van der Waals surface area contributed by atoms with E-state index in [1.165, 1.54) is 30.8 Å². The van der Waals surface area contributed by atoms with Gasteiger partial charge in [0.2, 0.25) is 0 Å². The normalized spacial score (nSPS) is 23.2. The number of fused-ring (bicyclic) bond motifs is 4. The van der Waals surface area contributed by atoms with Gasteiger partial charge in [-0.2, -0.15) is 8.42 Å². The minimum atomic E-state index is -4.43. The second kappa shape index (κ2) is 6.53. The lowest BCUT2D eigenvalue weighted by Gasteiger charge is -2.26. The van der Waals surface area contributed by atoms with Crippen molar-refractivity contribution in [1.82, 2.24) is 9.97 Å². The molecule has 0 bridgehead atoms. The molecular formula is C21H23N3O4S. The van der Waals surface area contributed by atoms with Crippen molar-refractivity contribution in [3.63, 3.8) is 0 Å². The third-order valence-electron chi connectivity index (χ3n) is 6.40. The van der Waals surface area contributed by atoms with Gasteiger partial charge < -0.3 is 10.5 Å². The largest absolute Gasteiger partial charge is 0.494 e. The standard InChI is InChI=1S/C21H23N3O4S/c1-11-6-9-16(29(25,26)27)19(22)17(11)20-13-7-8-15-18(21(13)24-10-23-20)12-4-2-3-5-14(12)28-15/h6,9-10,12,14H,2-5,7-8,22H2,1H3,(H,25,26,27). The van der Waals surface area contributed by atoms with Gasteiger partial charge >= 0.3 is 0 Å². The van der Waals surface area contributed by atoms with Crippen molar-refractivity contribution in [2.75, 3.05) is 5.73 Å². The molecule has 3 aliphatic rings. The van der Waals surface area contributed by atoms with Gasteiger partial charge in [-0.25, -0.2) is 9.97 Å². The van der Waals surface area contributed by atoms with E-state index < -0.39 is 10.1 Å². The summed E-state index contributed by atoms with van der Waals surface area (Å²) in [5, 5.41) is 0. The molecule has 1 saturated carbocycles. The lowest BCUT2D eigenvalue weighted by atomic mass is 9.78. The minimum absolute atomic E-state index is 0.0198. The quantitative estimate of drug-likeness (QED) is 0.571. The summed E-state index contributed by atoms with van der Waals surface area (Å²) in [6, 6.07) is 2.97. The fourth-order valence-corrected chi connectivity index (χ4v) is 5.73. The number of aromatic nitrogens is 2. The van der Waals surface area contributed by atoms with Crippen molar-refractivity contribution < 1.29 is 17.7 Å². The molecule has 29 heavy (non-hydrogen) atoms. The maximum Gasteiger partial charge on any atom is 0.296 e. The number of rotatable bonds is 2. The van der Waals surface area contributed by atoms with Crippen molar-refractivity contribution in [2.45, 2.75) is 56.4 Å². The molecule has 0 saturated heterocycles. The van der Waals surface area contributed by atoms with E-state index in [-0.39, 0.29) is 16.7 Å². The Kier molecular flexibility index (Phi) is 4.18. The summed E-state index contributed by atoms with van der Waals surface area (Å²) < 4.78 is 39.3. The average molecular weight is 413 g/mol. The van der Waals surface area contributed by atoms with Crippen LogP contribution in [0.1, 0.15) is 48.9 Å². The Morgan fingerprint density at radius 1 is 1.14 bits per heavy atom. The highest BCUT2D eigenvalue weighted by Crippen LogP contribution is 2.50.